The first-order valence-electron chi connectivity index (χ1n) is 6.66. The number of carbonyl (C=O) groups is 2. The van der Waals surface area contributed by atoms with Crippen LogP contribution >= 0.6 is 0 Å². The summed E-state index contributed by atoms with van der Waals surface area (Å²) in [6.45, 7) is 4.24. The van der Waals surface area contributed by atoms with E-state index in [-0.39, 0.29) is 5.91 Å². The Morgan fingerprint density at radius 2 is 2.11 bits per heavy atom. The first-order valence-corrected chi connectivity index (χ1v) is 6.66. The average molecular weight is 254 g/mol. The second-order valence-corrected chi connectivity index (χ2v) is 5.85. The van der Waals surface area contributed by atoms with Gasteiger partial charge in [-0.25, -0.2) is 4.79 Å². The Labute approximate surface area is 108 Å². The summed E-state index contributed by atoms with van der Waals surface area (Å²) in [7, 11) is 2.06. The van der Waals surface area contributed by atoms with Crippen molar-refractivity contribution in [2.45, 2.75) is 38.1 Å². The molecular weight excluding hydrogens is 232 g/mol. The number of aliphatic carboxylic acids is 1. The minimum Gasteiger partial charge on any atom is -0.480 e. The fourth-order valence-corrected chi connectivity index (χ4v) is 3.14. The van der Waals surface area contributed by atoms with Gasteiger partial charge < -0.3 is 14.9 Å². The predicted molar refractivity (Wildman–Crippen MR) is 67.2 cm³/mol. The number of nitrogens with zero attached hydrogens (tertiary/aromatic N) is 2. The largest absolute Gasteiger partial charge is 0.480 e. The number of hydrogen-bond donors (Lipinski definition) is 1. The Hall–Kier alpha value is -1.10. The zero-order valence-corrected chi connectivity index (χ0v) is 11.2. The summed E-state index contributed by atoms with van der Waals surface area (Å²) in [6.07, 6.45) is 2.89. The van der Waals surface area contributed by atoms with Crippen molar-refractivity contribution >= 4 is 11.9 Å². The molecule has 2 aliphatic rings. The normalized spacial score (nSPS) is 33.0. The van der Waals surface area contributed by atoms with Crippen molar-refractivity contribution in [1.29, 1.82) is 0 Å². The van der Waals surface area contributed by atoms with Gasteiger partial charge in [-0.05, 0) is 45.7 Å². The lowest BCUT2D eigenvalue weighted by Crippen LogP contribution is -2.51. The molecule has 2 heterocycles. The van der Waals surface area contributed by atoms with Crippen LogP contribution < -0.4 is 0 Å². The van der Waals surface area contributed by atoms with Gasteiger partial charge in [-0.15, -0.1) is 0 Å². The standard InChI is InChI=1S/C13H22N2O3/c1-13(12(17)18)5-3-6-15(13)11(16)8-10-4-7-14(2)9-10/h10H,3-9H2,1-2H3,(H,17,18). The summed E-state index contributed by atoms with van der Waals surface area (Å²) in [6, 6.07) is 0. The monoisotopic (exact) mass is 254 g/mol. The molecule has 2 rings (SSSR count). The van der Waals surface area contributed by atoms with Crippen molar-refractivity contribution in [3.05, 3.63) is 0 Å². The molecule has 2 fully saturated rings. The zero-order valence-electron chi connectivity index (χ0n) is 11.2. The van der Waals surface area contributed by atoms with Gasteiger partial charge in [0.2, 0.25) is 5.91 Å². The van der Waals surface area contributed by atoms with Crippen LogP contribution in [0.25, 0.3) is 0 Å². The topological polar surface area (TPSA) is 60.9 Å². The number of carbonyl (C=O) groups excluding carboxylic acids is 1. The highest BCUT2D eigenvalue weighted by Gasteiger charge is 2.46. The Morgan fingerprint density at radius 1 is 1.39 bits per heavy atom. The van der Waals surface area contributed by atoms with E-state index in [9.17, 15) is 14.7 Å². The number of rotatable bonds is 3. The Morgan fingerprint density at radius 3 is 2.67 bits per heavy atom. The molecule has 2 aliphatic heterocycles. The van der Waals surface area contributed by atoms with Crippen molar-refractivity contribution in [1.82, 2.24) is 9.80 Å². The van der Waals surface area contributed by atoms with Gasteiger partial charge in [-0.1, -0.05) is 0 Å². The van der Waals surface area contributed by atoms with Crippen LogP contribution in [0.2, 0.25) is 0 Å². The molecule has 5 nitrogen and oxygen atoms in total. The summed E-state index contributed by atoms with van der Waals surface area (Å²) in [5.74, 6) is -0.476. The molecule has 0 spiro atoms. The third-order valence-corrected chi connectivity index (χ3v) is 4.36. The van der Waals surface area contributed by atoms with E-state index in [1.807, 2.05) is 0 Å². The van der Waals surface area contributed by atoms with Gasteiger partial charge in [0.05, 0.1) is 0 Å². The molecule has 2 atom stereocenters. The summed E-state index contributed by atoms with van der Waals surface area (Å²) >= 11 is 0. The van der Waals surface area contributed by atoms with Crippen LogP contribution in [-0.2, 0) is 9.59 Å². The lowest BCUT2D eigenvalue weighted by atomic mass is 9.97. The fourth-order valence-electron chi connectivity index (χ4n) is 3.14. The van der Waals surface area contributed by atoms with Gasteiger partial charge in [0.25, 0.3) is 0 Å². The van der Waals surface area contributed by atoms with E-state index in [4.69, 9.17) is 0 Å². The molecule has 18 heavy (non-hydrogen) atoms. The van der Waals surface area contributed by atoms with Crippen LogP contribution in [0.3, 0.4) is 0 Å². The SMILES string of the molecule is CN1CCC(CC(=O)N2CCCC2(C)C(=O)O)C1. The van der Waals surface area contributed by atoms with Crippen molar-refractivity contribution in [2.24, 2.45) is 5.92 Å². The molecule has 0 bridgehead atoms. The Balaban J connectivity index is 1.98. The van der Waals surface area contributed by atoms with Gasteiger partial charge >= 0.3 is 5.97 Å². The molecule has 1 amide bonds. The Kier molecular flexibility index (Phi) is 3.61. The highest BCUT2D eigenvalue weighted by atomic mass is 16.4. The van der Waals surface area contributed by atoms with Crippen LogP contribution in [0.1, 0.15) is 32.6 Å². The molecule has 0 saturated carbocycles. The second kappa shape index (κ2) is 4.88. The first-order chi connectivity index (χ1) is 8.43. The quantitative estimate of drug-likeness (QED) is 0.809. The molecular formula is C13H22N2O3. The average Bonchev–Trinajstić information content (AvgIpc) is 2.86. The summed E-state index contributed by atoms with van der Waals surface area (Å²) in [5, 5.41) is 9.29. The summed E-state index contributed by atoms with van der Waals surface area (Å²) in [4.78, 5) is 27.4. The summed E-state index contributed by atoms with van der Waals surface area (Å²) in [5.41, 5.74) is -0.985. The molecule has 2 unspecified atom stereocenters. The Bertz CT molecular complexity index is 358. The number of carboxylic acids is 1. The van der Waals surface area contributed by atoms with E-state index in [0.717, 1.165) is 25.9 Å². The van der Waals surface area contributed by atoms with E-state index < -0.39 is 11.5 Å². The fraction of sp³-hybridized carbons (Fsp3) is 0.846. The van der Waals surface area contributed by atoms with E-state index in [0.29, 0.717) is 25.3 Å². The molecule has 5 heteroatoms. The van der Waals surface area contributed by atoms with Gasteiger partial charge in [0.1, 0.15) is 5.54 Å². The van der Waals surface area contributed by atoms with Gasteiger partial charge in [-0.3, -0.25) is 4.79 Å². The number of amides is 1. The maximum Gasteiger partial charge on any atom is 0.329 e. The van der Waals surface area contributed by atoms with Gasteiger partial charge in [0, 0.05) is 19.5 Å². The minimum atomic E-state index is -0.985. The van der Waals surface area contributed by atoms with E-state index in [1.165, 1.54) is 0 Å². The number of carboxylic acid groups (broad SMARTS) is 1. The lowest BCUT2D eigenvalue weighted by molar-refractivity contribution is -0.155. The molecule has 0 aromatic carbocycles. The smallest absolute Gasteiger partial charge is 0.329 e. The van der Waals surface area contributed by atoms with Crippen molar-refractivity contribution < 1.29 is 14.7 Å². The third kappa shape index (κ3) is 2.36. The van der Waals surface area contributed by atoms with Crippen LogP contribution in [-0.4, -0.2) is 59.0 Å². The zero-order chi connectivity index (χ0) is 13.3. The van der Waals surface area contributed by atoms with Crippen LogP contribution in [0.15, 0.2) is 0 Å². The van der Waals surface area contributed by atoms with E-state index in [1.54, 1.807) is 11.8 Å². The maximum atomic E-state index is 12.3. The highest BCUT2D eigenvalue weighted by Crippen LogP contribution is 2.31. The molecule has 102 valence electrons. The minimum absolute atomic E-state index is 0.0118. The molecule has 0 aromatic heterocycles. The predicted octanol–water partition coefficient (Wildman–Crippen LogP) is 0.794. The number of hydrogen-bond acceptors (Lipinski definition) is 3. The second-order valence-electron chi connectivity index (χ2n) is 5.85. The molecule has 1 N–H and O–H groups in total. The van der Waals surface area contributed by atoms with Crippen molar-refractivity contribution in [3.8, 4) is 0 Å². The molecule has 2 saturated heterocycles. The van der Waals surface area contributed by atoms with E-state index >= 15 is 0 Å². The highest BCUT2D eigenvalue weighted by molar-refractivity contribution is 5.87. The third-order valence-electron chi connectivity index (χ3n) is 4.36. The van der Waals surface area contributed by atoms with Crippen LogP contribution in [0.4, 0.5) is 0 Å². The van der Waals surface area contributed by atoms with Gasteiger partial charge in [-0.2, -0.15) is 0 Å². The van der Waals surface area contributed by atoms with Crippen LogP contribution in [0, 0.1) is 5.92 Å². The molecule has 0 radical (unpaired) electrons. The van der Waals surface area contributed by atoms with Gasteiger partial charge in [0.15, 0.2) is 0 Å². The molecule has 0 aliphatic carbocycles. The molecule has 0 aromatic rings. The number of likely N-dealkylation sites (tertiary alicyclic amines) is 2. The summed E-state index contributed by atoms with van der Waals surface area (Å²) < 4.78 is 0. The van der Waals surface area contributed by atoms with Crippen molar-refractivity contribution in [2.75, 3.05) is 26.7 Å². The van der Waals surface area contributed by atoms with Crippen LogP contribution in [0.5, 0.6) is 0 Å². The van der Waals surface area contributed by atoms with E-state index in [2.05, 4.69) is 11.9 Å². The van der Waals surface area contributed by atoms with Crippen molar-refractivity contribution in [3.63, 3.8) is 0 Å². The maximum absolute atomic E-state index is 12.3. The first kappa shape index (κ1) is 13.3. The lowest BCUT2D eigenvalue weighted by Gasteiger charge is -2.32.